The molecule has 0 fully saturated rings. The fraction of sp³-hybridized carbons (Fsp3) is 0.267. The SMILES string of the molecule is COc1nc(Cc2ccccc2)ncc1CCC(=O)O. The molecule has 20 heavy (non-hydrogen) atoms. The van der Waals surface area contributed by atoms with Crippen molar-refractivity contribution in [1.29, 1.82) is 0 Å². The highest BCUT2D eigenvalue weighted by Crippen LogP contribution is 2.17. The fourth-order valence-corrected chi connectivity index (χ4v) is 1.88. The molecule has 0 atom stereocenters. The number of nitrogens with zero attached hydrogens (tertiary/aromatic N) is 2. The van der Waals surface area contributed by atoms with Crippen LogP contribution < -0.4 is 4.74 Å². The third kappa shape index (κ3) is 3.78. The molecule has 0 aliphatic carbocycles. The van der Waals surface area contributed by atoms with E-state index >= 15 is 0 Å². The molecule has 0 saturated carbocycles. The molecule has 1 aromatic heterocycles. The van der Waals surface area contributed by atoms with Crippen molar-refractivity contribution in [3.63, 3.8) is 0 Å². The summed E-state index contributed by atoms with van der Waals surface area (Å²) in [7, 11) is 1.53. The lowest BCUT2D eigenvalue weighted by Crippen LogP contribution is -2.05. The van der Waals surface area contributed by atoms with Gasteiger partial charge in [-0.2, -0.15) is 4.98 Å². The minimum Gasteiger partial charge on any atom is -0.481 e. The Hall–Kier alpha value is -2.43. The van der Waals surface area contributed by atoms with E-state index in [-0.39, 0.29) is 6.42 Å². The second-order valence-electron chi connectivity index (χ2n) is 4.38. The molecule has 5 heteroatoms. The summed E-state index contributed by atoms with van der Waals surface area (Å²) in [5, 5.41) is 8.71. The van der Waals surface area contributed by atoms with Crippen LogP contribution in [0.2, 0.25) is 0 Å². The van der Waals surface area contributed by atoms with Gasteiger partial charge in [-0.05, 0) is 12.0 Å². The van der Waals surface area contributed by atoms with E-state index in [1.165, 1.54) is 7.11 Å². The molecule has 0 unspecified atom stereocenters. The van der Waals surface area contributed by atoms with Gasteiger partial charge in [0.2, 0.25) is 5.88 Å². The van der Waals surface area contributed by atoms with Crippen LogP contribution in [-0.2, 0) is 17.6 Å². The maximum Gasteiger partial charge on any atom is 0.303 e. The van der Waals surface area contributed by atoms with Crippen molar-refractivity contribution in [1.82, 2.24) is 9.97 Å². The van der Waals surface area contributed by atoms with Crippen LogP contribution in [0.3, 0.4) is 0 Å². The molecule has 2 rings (SSSR count). The number of carboxylic acids is 1. The molecule has 0 aliphatic rings. The number of ether oxygens (including phenoxy) is 1. The average Bonchev–Trinajstić information content (AvgIpc) is 2.46. The molecule has 0 spiro atoms. The third-order valence-electron chi connectivity index (χ3n) is 2.88. The minimum absolute atomic E-state index is 0.0394. The van der Waals surface area contributed by atoms with E-state index in [9.17, 15) is 4.79 Å². The molecule has 5 nitrogen and oxygen atoms in total. The number of hydrogen-bond donors (Lipinski definition) is 1. The zero-order valence-electron chi connectivity index (χ0n) is 11.2. The Morgan fingerprint density at radius 1 is 1.30 bits per heavy atom. The van der Waals surface area contributed by atoms with Gasteiger partial charge in [0.1, 0.15) is 5.82 Å². The van der Waals surface area contributed by atoms with Crippen molar-refractivity contribution in [2.45, 2.75) is 19.3 Å². The first-order valence-corrected chi connectivity index (χ1v) is 6.33. The summed E-state index contributed by atoms with van der Waals surface area (Å²) in [6.07, 6.45) is 2.67. The molecular weight excluding hydrogens is 256 g/mol. The third-order valence-corrected chi connectivity index (χ3v) is 2.88. The quantitative estimate of drug-likeness (QED) is 0.871. The zero-order valence-corrected chi connectivity index (χ0v) is 11.2. The highest BCUT2D eigenvalue weighted by Gasteiger charge is 2.10. The first kappa shape index (κ1) is 14.0. The fourth-order valence-electron chi connectivity index (χ4n) is 1.88. The number of benzene rings is 1. The molecule has 1 aromatic carbocycles. The first-order chi connectivity index (χ1) is 9.69. The second-order valence-corrected chi connectivity index (χ2v) is 4.38. The van der Waals surface area contributed by atoms with Crippen molar-refractivity contribution in [2.24, 2.45) is 0 Å². The van der Waals surface area contributed by atoms with Gasteiger partial charge in [-0.15, -0.1) is 0 Å². The monoisotopic (exact) mass is 272 g/mol. The molecule has 0 bridgehead atoms. The highest BCUT2D eigenvalue weighted by molar-refractivity contribution is 5.67. The van der Waals surface area contributed by atoms with Gasteiger partial charge >= 0.3 is 5.97 Å². The van der Waals surface area contributed by atoms with E-state index in [0.717, 1.165) is 5.56 Å². The molecule has 0 aliphatic heterocycles. The lowest BCUT2D eigenvalue weighted by Gasteiger charge is -2.08. The first-order valence-electron chi connectivity index (χ1n) is 6.33. The molecule has 0 amide bonds. The molecule has 0 saturated heterocycles. The Labute approximate surface area is 117 Å². The van der Waals surface area contributed by atoms with Gasteiger partial charge in [-0.1, -0.05) is 30.3 Å². The van der Waals surface area contributed by atoms with Crippen molar-refractivity contribution in [3.05, 3.63) is 53.5 Å². The van der Waals surface area contributed by atoms with E-state index in [0.29, 0.717) is 30.1 Å². The maximum atomic E-state index is 10.6. The van der Waals surface area contributed by atoms with E-state index < -0.39 is 5.97 Å². The van der Waals surface area contributed by atoms with Gasteiger partial charge in [-0.25, -0.2) is 4.98 Å². The van der Waals surface area contributed by atoms with E-state index in [1.807, 2.05) is 30.3 Å². The van der Waals surface area contributed by atoms with Gasteiger partial charge < -0.3 is 9.84 Å². The summed E-state index contributed by atoms with van der Waals surface area (Å²) in [5.74, 6) is 0.264. The van der Waals surface area contributed by atoms with Crippen molar-refractivity contribution >= 4 is 5.97 Å². The molecular formula is C15H16N2O3. The van der Waals surface area contributed by atoms with Crippen LogP contribution >= 0.6 is 0 Å². The Kier molecular flexibility index (Phi) is 4.65. The summed E-state index contributed by atoms with van der Waals surface area (Å²) >= 11 is 0. The number of aryl methyl sites for hydroxylation is 1. The highest BCUT2D eigenvalue weighted by atomic mass is 16.5. The van der Waals surface area contributed by atoms with Gasteiger partial charge in [-0.3, -0.25) is 4.79 Å². The second kappa shape index (κ2) is 6.65. The molecule has 1 N–H and O–H groups in total. The van der Waals surface area contributed by atoms with E-state index in [1.54, 1.807) is 6.20 Å². The minimum atomic E-state index is -0.847. The molecule has 1 heterocycles. The van der Waals surface area contributed by atoms with Crippen molar-refractivity contribution < 1.29 is 14.6 Å². The average molecular weight is 272 g/mol. The van der Waals surface area contributed by atoms with Crippen LogP contribution in [0.4, 0.5) is 0 Å². The summed E-state index contributed by atoms with van der Waals surface area (Å²) in [6.45, 7) is 0. The number of rotatable bonds is 6. The molecule has 104 valence electrons. The maximum absolute atomic E-state index is 10.6. The smallest absolute Gasteiger partial charge is 0.303 e. The Morgan fingerprint density at radius 2 is 2.05 bits per heavy atom. The number of aromatic nitrogens is 2. The number of carboxylic acid groups (broad SMARTS) is 1. The summed E-state index contributed by atoms with van der Waals surface area (Å²) < 4.78 is 5.21. The van der Waals surface area contributed by atoms with Gasteiger partial charge in [0.25, 0.3) is 0 Å². The van der Waals surface area contributed by atoms with Crippen LogP contribution in [0.15, 0.2) is 36.5 Å². The lowest BCUT2D eigenvalue weighted by atomic mass is 10.1. The van der Waals surface area contributed by atoms with Crippen LogP contribution in [-0.4, -0.2) is 28.2 Å². The topological polar surface area (TPSA) is 72.3 Å². The van der Waals surface area contributed by atoms with E-state index in [4.69, 9.17) is 9.84 Å². The molecule has 2 aromatic rings. The number of hydrogen-bond acceptors (Lipinski definition) is 4. The van der Waals surface area contributed by atoms with Gasteiger partial charge in [0.15, 0.2) is 0 Å². The summed E-state index contributed by atoms with van der Waals surface area (Å²) in [6, 6.07) is 9.91. The zero-order chi connectivity index (χ0) is 14.4. The Morgan fingerprint density at radius 3 is 2.70 bits per heavy atom. The summed E-state index contributed by atoms with van der Waals surface area (Å²) in [5.41, 5.74) is 1.83. The number of carbonyl (C=O) groups is 1. The summed E-state index contributed by atoms with van der Waals surface area (Å²) in [4.78, 5) is 19.2. The Balaban J connectivity index is 2.14. The number of aliphatic carboxylic acids is 1. The predicted molar refractivity (Wildman–Crippen MR) is 73.8 cm³/mol. The number of methoxy groups -OCH3 is 1. The van der Waals surface area contributed by atoms with Crippen molar-refractivity contribution in [2.75, 3.05) is 7.11 Å². The van der Waals surface area contributed by atoms with Crippen LogP contribution in [0.25, 0.3) is 0 Å². The normalized spacial score (nSPS) is 10.2. The van der Waals surface area contributed by atoms with E-state index in [2.05, 4.69) is 9.97 Å². The van der Waals surface area contributed by atoms with Crippen LogP contribution in [0.1, 0.15) is 23.4 Å². The van der Waals surface area contributed by atoms with Crippen LogP contribution in [0.5, 0.6) is 5.88 Å². The van der Waals surface area contributed by atoms with Gasteiger partial charge in [0, 0.05) is 24.6 Å². The Bertz CT molecular complexity index is 585. The lowest BCUT2D eigenvalue weighted by molar-refractivity contribution is -0.136. The largest absolute Gasteiger partial charge is 0.481 e. The van der Waals surface area contributed by atoms with Crippen LogP contribution in [0, 0.1) is 0 Å². The van der Waals surface area contributed by atoms with Gasteiger partial charge in [0.05, 0.1) is 7.11 Å². The predicted octanol–water partition coefficient (Wildman–Crippen LogP) is 2.09. The van der Waals surface area contributed by atoms with Crippen molar-refractivity contribution in [3.8, 4) is 5.88 Å². The molecule has 0 radical (unpaired) electrons. The standard InChI is InChI=1S/C15H16N2O3/c1-20-15-12(7-8-14(18)19)10-16-13(17-15)9-11-5-3-2-4-6-11/h2-6,10H,7-9H2,1H3,(H,18,19).